The summed E-state index contributed by atoms with van der Waals surface area (Å²) in [4.78, 5) is 0. The van der Waals surface area contributed by atoms with Gasteiger partial charge in [0, 0.05) is 0 Å². The van der Waals surface area contributed by atoms with Gasteiger partial charge in [0.1, 0.15) is 11.5 Å². The molecule has 1 rings (SSSR count). The summed E-state index contributed by atoms with van der Waals surface area (Å²) in [5.41, 5.74) is 0. The Morgan fingerprint density at radius 2 is 2.11 bits per heavy atom. The molecule has 0 radical (unpaired) electrons. The Balaban J connectivity index is 2.33. The third kappa shape index (κ3) is 6.30. The van der Waals surface area contributed by atoms with Gasteiger partial charge in [-0.15, -0.1) is 0 Å². The van der Waals surface area contributed by atoms with Crippen LogP contribution in [0.15, 0.2) is 22.7 Å². The molecule has 0 heterocycles. The van der Waals surface area contributed by atoms with Gasteiger partial charge in [0.25, 0.3) is 0 Å². The molecule has 0 amide bonds. The number of ether oxygens (including phenoxy) is 2. The Morgan fingerprint density at radius 3 is 2.74 bits per heavy atom. The van der Waals surface area contributed by atoms with Crippen molar-refractivity contribution in [3.8, 4) is 11.5 Å². The normalized spacial score (nSPS) is 12.2. The van der Waals surface area contributed by atoms with Crippen LogP contribution in [0.1, 0.15) is 33.1 Å². The maximum absolute atomic E-state index is 5.92. The van der Waals surface area contributed by atoms with E-state index in [1.54, 1.807) is 7.11 Å². The first-order valence-electron chi connectivity index (χ1n) is 6.88. The van der Waals surface area contributed by atoms with Gasteiger partial charge in [0.2, 0.25) is 0 Å². The van der Waals surface area contributed by atoms with Gasteiger partial charge < -0.3 is 14.8 Å². The Labute approximate surface area is 124 Å². The lowest BCUT2D eigenvalue weighted by Gasteiger charge is -2.16. The van der Waals surface area contributed by atoms with Crippen LogP contribution in [0.3, 0.4) is 0 Å². The van der Waals surface area contributed by atoms with E-state index in [-0.39, 0.29) is 6.10 Å². The van der Waals surface area contributed by atoms with E-state index in [0.29, 0.717) is 0 Å². The number of benzene rings is 1. The third-order valence-corrected chi connectivity index (χ3v) is 3.48. The fourth-order valence-corrected chi connectivity index (χ4v) is 2.25. The van der Waals surface area contributed by atoms with Gasteiger partial charge in [-0.25, -0.2) is 0 Å². The van der Waals surface area contributed by atoms with Gasteiger partial charge in [0.15, 0.2) is 0 Å². The van der Waals surface area contributed by atoms with E-state index >= 15 is 0 Å². The van der Waals surface area contributed by atoms with Gasteiger partial charge in [-0.2, -0.15) is 0 Å². The summed E-state index contributed by atoms with van der Waals surface area (Å²) < 4.78 is 12.0. The molecule has 0 spiro atoms. The second-order valence-corrected chi connectivity index (χ2v) is 5.47. The smallest absolute Gasteiger partial charge is 0.134 e. The number of halogens is 1. The lowest BCUT2D eigenvalue weighted by Crippen LogP contribution is -2.19. The van der Waals surface area contributed by atoms with Crippen molar-refractivity contribution < 1.29 is 9.47 Å². The van der Waals surface area contributed by atoms with E-state index in [1.807, 2.05) is 18.2 Å². The summed E-state index contributed by atoms with van der Waals surface area (Å²) in [7, 11) is 1.66. The van der Waals surface area contributed by atoms with Crippen LogP contribution in [0.5, 0.6) is 11.5 Å². The van der Waals surface area contributed by atoms with Crippen molar-refractivity contribution >= 4 is 15.9 Å². The predicted octanol–water partition coefficient (Wildman–Crippen LogP) is 4.00. The monoisotopic (exact) mass is 329 g/mol. The Bertz CT molecular complexity index is 371. The maximum atomic E-state index is 5.92. The highest BCUT2D eigenvalue weighted by atomic mass is 79.9. The van der Waals surface area contributed by atoms with Crippen molar-refractivity contribution in [2.45, 2.75) is 39.2 Å². The van der Waals surface area contributed by atoms with Crippen LogP contribution >= 0.6 is 15.9 Å². The lowest BCUT2D eigenvalue weighted by atomic mass is 10.2. The van der Waals surface area contributed by atoms with Crippen molar-refractivity contribution in [2.75, 3.05) is 20.2 Å². The minimum Gasteiger partial charge on any atom is -0.497 e. The molecule has 0 fully saturated rings. The molecule has 19 heavy (non-hydrogen) atoms. The Morgan fingerprint density at radius 1 is 1.32 bits per heavy atom. The second-order valence-electron chi connectivity index (χ2n) is 4.62. The van der Waals surface area contributed by atoms with Crippen LogP contribution in [-0.2, 0) is 0 Å². The van der Waals surface area contributed by atoms with E-state index < -0.39 is 0 Å². The minimum atomic E-state index is 0.216. The molecule has 0 saturated carbocycles. The number of hydrogen-bond acceptors (Lipinski definition) is 3. The molecule has 1 N–H and O–H groups in total. The number of hydrogen-bond donors (Lipinski definition) is 1. The van der Waals surface area contributed by atoms with Crippen molar-refractivity contribution in [3.63, 3.8) is 0 Å². The average molecular weight is 330 g/mol. The molecular weight excluding hydrogens is 306 g/mol. The first kappa shape index (κ1) is 16.3. The van der Waals surface area contributed by atoms with E-state index in [4.69, 9.17) is 9.47 Å². The fraction of sp³-hybridized carbons (Fsp3) is 0.600. The topological polar surface area (TPSA) is 30.5 Å². The molecule has 1 aromatic carbocycles. The second kappa shape index (κ2) is 9.21. The number of nitrogens with one attached hydrogen (secondary N) is 1. The molecule has 0 aliphatic carbocycles. The Hall–Kier alpha value is -0.740. The highest BCUT2D eigenvalue weighted by Crippen LogP contribution is 2.30. The van der Waals surface area contributed by atoms with Crippen molar-refractivity contribution in [1.29, 1.82) is 0 Å². The van der Waals surface area contributed by atoms with Crippen LogP contribution in [0, 0.1) is 0 Å². The van der Waals surface area contributed by atoms with Gasteiger partial charge >= 0.3 is 0 Å². The predicted molar refractivity (Wildman–Crippen MR) is 83.2 cm³/mol. The molecule has 0 bridgehead atoms. The molecule has 3 nitrogen and oxygen atoms in total. The standard InChI is InChI=1S/C15H24BrNO2/c1-4-9-17-10-5-6-12(2)19-15-8-7-13(18-3)11-14(15)16/h7-8,11-12,17H,4-6,9-10H2,1-3H3. The van der Waals surface area contributed by atoms with E-state index in [0.717, 1.165) is 41.9 Å². The lowest BCUT2D eigenvalue weighted by molar-refractivity contribution is 0.206. The molecule has 108 valence electrons. The van der Waals surface area contributed by atoms with Crippen LogP contribution in [0.2, 0.25) is 0 Å². The molecule has 0 saturated heterocycles. The number of methoxy groups -OCH3 is 1. The zero-order valence-electron chi connectivity index (χ0n) is 12.0. The summed E-state index contributed by atoms with van der Waals surface area (Å²) >= 11 is 3.50. The quantitative estimate of drug-likeness (QED) is 0.694. The molecule has 1 aromatic rings. The molecule has 0 aliphatic rings. The molecule has 1 atom stereocenters. The summed E-state index contributed by atoms with van der Waals surface area (Å²) in [6, 6.07) is 5.77. The van der Waals surface area contributed by atoms with E-state index in [9.17, 15) is 0 Å². The van der Waals surface area contributed by atoms with Crippen LogP contribution < -0.4 is 14.8 Å². The summed E-state index contributed by atoms with van der Waals surface area (Å²) in [6.07, 6.45) is 3.59. The van der Waals surface area contributed by atoms with Crippen LogP contribution in [-0.4, -0.2) is 26.3 Å². The third-order valence-electron chi connectivity index (χ3n) is 2.86. The number of rotatable bonds is 9. The molecule has 4 heteroatoms. The van der Waals surface area contributed by atoms with Crippen molar-refractivity contribution in [3.05, 3.63) is 22.7 Å². The maximum Gasteiger partial charge on any atom is 0.134 e. The van der Waals surface area contributed by atoms with Gasteiger partial charge in [-0.05, 0) is 73.4 Å². The van der Waals surface area contributed by atoms with E-state index in [1.165, 1.54) is 6.42 Å². The zero-order valence-corrected chi connectivity index (χ0v) is 13.6. The largest absolute Gasteiger partial charge is 0.497 e. The minimum absolute atomic E-state index is 0.216. The van der Waals surface area contributed by atoms with Gasteiger partial charge in [-0.3, -0.25) is 0 Å². The summed E-state index contributed by atoms with van der Waals surface area (Å²) in [6.45, 7) is 6.45. The molecular formula is C15H24BrNO2. The SMILES string of the molecule is CCCNCCCC(C)Oc1ccc(OC)cc1Br. The Kier molecular flexibility index (Phi) is 7.91. The van der Waals surface area contributed by atoms with Crippen molar-refractivity contribution in [2.24, 2.45) is 0 Å². The fourth-order valence-electron chi connectivity index (χ4n) is 1.80. The van der Waals surface area contributed by atoms with E-state index in [2.05, 4.69) is 35.1 Å². The molecule has 0 aliphatic heterocycles. The molecule has 1 unspecified atom stereocenters. The van der Waals surface area contributed by atoms with Crippen molar-refractivity contribution in [1.82, 2.24) is 5.32 Å². The first-order chi connectivity index (χ1) is 9.17. The molecule has 0 aromatic heterocycles. The first-order valence-corrected chi connectivity index (χ1v) is 7.67. The summed E-state index contributed by atoms with van der Waals surface area (Å²) in [5.74, 6) is 1.70. The van der Waals surface area contributed by atoms with Gasteiger partial charge in [-0.1, -0.05) is 6.92 Å². The summed E-state index contributed by atoms with van der Waals surface area (Å²) in [5, 5.41) is 3.40. The van der Waals surface area contributed by atoms with Gasteiger partial charge in [0.05, 0.1) is 17.7 Å². The van der Waals surface area contributed by atoms with Crippen LogP contribution in [0.25, 0.3) is 0 Å². The van der Waals surface area contributed by atoms with Crippen LogP contribution in [0.4, 0.5) is 0 Å². The highest BCUT2D eigenvalue weighted by molar-refractivity contribution is 9.10. The highest BCUT2D eigenvalue weighted by Gasteiger charge is 2.08. The average Bonchev–Trinajstić information content (AvgIpc) is 2.41. The zero-order chi connectivity index (χ0) is 14.1.